The molecule has 1 saturated carbocycles. The second kappa shape index (κ2) is 6.31. The Bertz CT molecular complexity index is 637. The van der Waals surface area contributed by atoms with E-state index in [0.717, 1.165) is 29.7 Å². The van der Waals surface area contributed by atoms with E-state index in [1.165, 1.54) is 5.56 Å². The van der Waals surface area contributed by atoms with Crippen molar-refractivity contribution in [2.45, 2.75) is 24.6 Å². The fourth-order valence-corrected chi connectivity index (χ4v) is 2.78. The number of hydrogen-bond donors (Lipinski definition) is 1. The second-order valence-corrected chi connectivity index (χ2v) is 5.40. The van der Waals surface area contributed by atoms with E-state index >= 15 is 0 Å². The van der Waals surface area contributed by atoms with Gasteiger partial charge >= 0.3 is 6.18 Å². The summed E-state index contributed by atoms with van der Waals surface area (Å²) in [5.74, 6) is 0.452. The van der Waals surface area contributed by atoms with E-state index in [4.69, 9.17) is 0 Å². The average molecular weight is 328 g/mol. The minimum atomic E-state index is -4.29. The van der Waals surface area contributed by atoms with Gasteiger partial charge in [-0.2, -0.15) is 13.2 Å². The first-order valence-corrected chi connectivity index (χ1v) is 6.94. The highest BCUT2D eigenvalue weighted by molar-refractivity contribution is 5.85. The predicted molar refractivity (Wildman–Crippen MR) is 84.3 cm³/mol. The standard InChI is InChI=1S/C17H16F3N.ClH/c1-21-16-10-15(16)14-5-3-2-4-13(14)11-6-8-12(9-7-11)17(18,19)20;/h2-9,15-16,21H,10H2,1H3;1H/t15-,16+;/m0./s1. The first kappa shape index (κ1) is 16.8. The Kier molecular flexibility index (Phi) is 4.83. The van der Waals surface area contributed by atoms with Gasteiger partial charge in [-0.3, -0.25) is 0 Å². The first-order chi connectivity index (χ1) is 10.0. The van der Waals surface area contributed by atoms with E-state index < -0.39 is 11.7 Å². The van der Waals surface area contributed by atoms with E-state index in [1.54, 1.807) is 12.1 Å². The van der Waals surface area contributed by atoms with Gasteiger partial charge in [0, 0.05) is 12.0 Å². The summed E-state index contributed by atoms with van der Waals surface area (Å²) in [5.41, 5.74) is 2.45. The summed E-state index contributed by atoms with van der Waals surface area (Å²) >= 11 is 0. The normalized spacial score (nSPS) is 20.4. The largest absolute Gasteiger partial charge is 0.416 e. The van der Waals surface area contributed by atoms with Crippen LogP contribution in [0.1, 0.15) is 23.5 Å². The second-order valence-electron chi connectivity index (χ2n) is 5.40. The van der Waals surface area contributed by atoms with Gasteiger partial charge in [0.15, 0.2) is 0 Å². The molecule has 3 rings (SSSR count). The number of alkyl halides is 3. The van der Waals surface area contributed by atoms with Gasteiger partial charge in [0.2, 0.25) is 0 Å². The molecule has 5 heteroatoms. The molecule has 1 nitrogen and oxygen atoms in total. The summed E-state index contributed by atoms with van der Waals surface area (Å²) in [4.78, 5) is 0. The fourth-order valence-electron chi connectivity index (χ4n) is 2.78. The Morgan fingerprint density at radius 3 is 2.18 bits per heavy atom. The lowest BCUT2D eigenvalue weighted by molar-refractivity contribution is -0.137. The van der Waals surface area contributed by atoms with Crippen LogP contribution in [0.15, 0.2) is 48.5 Å². The smallest absolute Gasteiger partial charge is 0.316 e. The molecule has 0 amide bonds. The molecule has 0 unspecified atom stereocenters. The maximum atomic E-state index is 12.6. The Morgan fingerprint density at radius 1 is 1.00 bits per heavy atom. The highest BCUT2D eigenvalue weighted by Crippen LogP contribution is 2.44. The van der Waals surface area contributed by atoms with Crippen LogP contribution < -0.4 is 5.32 Å². The van der Waals surface area contributed by atoms with Gasteiger partial charge in [-0.15, -0.1) is 12.4 Å². The molecule has 0 bridgehead atoms. The quantitative estimate of drug-likeness (QED) is 0.848. The number of nitrogens with one attached hydrogen (secondary N) is 1. The minimum absolute atomic E-state index is 0. The monoisotopic (exact) mass is 327 g/mol. The lowest BCUT2D eigenvalue weighted by Crippen LogP contribution is -2.10. The molecule has 0 heterocycles. The van der Waals surface area contributed by atoms with Crippen molar-refractivity contribution in [3.8, 4) is 11.1 Å². The molecule has 22 heavy (non-hydrogen) atoms. The molecular weight excluding hydrogens is 311 g/mol. The van der Waals surface area contributed by atoms with Crippen molar-refractivity contribution in [1.29, 1.82) is 0 Å². The van der Waals surface area contributed by atoms with Crippen LogP contribution in [-0.4, -0.2) is 13.1 Å². The topological polar surface area (TPSA) is 12.0 Å². The summed E-state index contributed by atoms with van der Waals surface area (Å²) in [6.07, 6.45) is -3.21. The Morgan fingerprint density at radius 2 is 1.64 bits per heavy atom. The number of hydrogen-bond acceptors (Lipinski definition) is 1. The third-order valence-electron chi connectivity index (χ3n) is 4.04. The Labute approximate surface area is 134 Å². The van der Waals surface area contributed by atoms with Crippen LogP contribution in [0.3, 0.4) is 0 Å². The molecule has 0 spiro atoms. The van der Waals surface area contributed by atoms with Gasteiger partial charge in [0.1, 0.15) is 0 Å². The molecule has 2 atom stereocenters. The summed E-state index contributed by atoms with van der Waals surface area (Å²) in [6.45, 7) is 0. The molecular formula is C17H17ClF3N. The molecule has 1 aliphatic carbocycles. The highest BCUT2D eigenvalue weighted by Gasteiger charge is 2.38. The van der Waals surface area contributed by atoms with Crippen molar-refractivity contribution in [2.24, 2.45) is 0 Å². The molecule has 0 aromatic heterocycles. The predicted octanol–water partition coefficient (Wildman–Crippen LogP) is 4.87. The van der Waals surface area contributed by atoms with E-state index in [1.807, 2.05) is 25.2 Å². The van der Waals surface area contributed by atoms with Crippen LogP contribution in [0.5, 0.6) is 0 Å². The van der Waals surface area contributed by atoms with E-state index in [2.05, 4.69) is 11.4 Å². The van der Waals surface area contributed by atoms with Gasteiger partial charge < -0.3 is 5.32 Å². The zero-order valence-electron chi connectivity index (χ0n) is 12.0. The summed E-state index contributed by atoms with van der Waals surface area (Å²) in [5, 5.41) is 3.25. The highest BCUT2D eigenvalue weighted by atomic mass is 35.5. The summed E-state index contributed by atoms with van der Waals surface area (Å²) < 4.78 is 37.9. The number of halogens is 4. The Balaban J connectivity index is 0.00000176. The maximum absolute atomic E-state index is 12.6. The van der Waals surface area contributed by atoms with E-state index in [0.29, 0.717) is 12.0 Å². The summed E-state index contributed by atoms with van der Waals surface area (Å²) in [7, 11) is 1.94. The molecule has 2 aromatic rings. The van der Waals surface area contributed by atoms with Gasteiger partial charge in [-0.05, 0) is 42.3 Å². The van der Waals surface area contributed by atoms with E-state index in [-0.39, 0.29) is 12.4 Å². The van der Waals surface area contributed by atoms with Crippen LogP contribution in [-0.2, 0) is 6.18 Å². The molecule has 1 N–H and O–H groups in total. The zero-order chi connectivity index (χ0) is 15.0. The third-order valence-corrected chi connectivity index (χ3v) is 4.04. The lowest BCUT2D eigenvalue weighted by Gasteiger charge is -2.11. The van der Waals surface area contributed by atoms with Crippen LogP contribution in [0, 0.1) is 0 Å². The maximum Gasteiger partial charge on any atom is 0.416 e. The fraction of sp³-hybridized carbons (Fsp3) is 0.294. The van der Waals surface area contributed by atoms with E-state index in [9.17, 15) is 13.2 Å². The van der Waals surface area contributed by atoms with Crippen molar-refractivity contribution in [3.05, 3.63) is 59.7 Å². The lowest BCUT2D eigenvalue weighted by atomic mass is 9.96. The summed E-state index contributed by atoms with van der Waals surface area (Å²) in [6, 6.07) is 13.8. The van der Waals surface area contributed by atoms with Crippen LogP contribution in [0.4, 0.5) is 13.2 Å². The van der Waals surface area contributed by atoms with Crippen LogP contribution >= 0.6 is 12.4 Å². The van der Waals surface area contributed by atoms with Crippen molar-refractivity contribution < 1.29 is 13.2 Å². The van der Waals surface area contributed by atoms with Gasteiger partial charge in [-0.1, -0.05) is 36.4 Å². The first-order valence-electron chi connectivity index (χ1n) is 6.94. The third kappa shape index (κ3) is 3.28. The van der Waals surface area contributed by atoms with Crippen molar-refractivity contribution >= 4 is 12.4 Å². The number of benzene rings is 2. The molecule has 2 aromatic carbocycles. The molecule has 118 valence electrons. The minimum Gasteiger partial charge on any atom is -0.316 e. The van der Waals surface area contributed by atoms with Crippen molar-refractivity contribution in [1.82, 2.24) is 5.32 Å². The average Bonchev–Trinajstić information content (AvgIpc) is 3.26. The van der Waals surface area contributed by atoms with Crippen molar-refractivity contribution in [3.63, 3.8) is 0 Å². The van der Waals surface area contributed by atoms with Crippen molar-refractivity contribution in [2.75, 3.05) is 7.05 Å². The van der Waals surface area contributed by atoms with Gasteiger partial charge in [0.05, 0.1) is 5.56 Å². The Hall–Kier alpha value is -1.52. The SMILES string of the molecule is CN[C@@H]1C[C@H]1c1ccccc1-c1ccc(C(F)(F)F)cc1.Cl. The molecule has 0 saturated heterocycles. The number of likely N-dealkylation sites (N-methyl/N-ethyl adjacent to an activating group) is 1. The van der Waals surface area contributed by atoms with Gasteiger partial charge in [0.25, 0.3) is 0 Å². The molecule has 0 aliphatic heterocycles. The van der Waals surface area contributed by atoms with Crippen LogP contribution in [0.25, 0.3) is 11.1 Å². The number of rotatable bonds is 3. The zero-order valence-corrected chi connectivity index (χ0v) is 12.8. The van der Waals surface area contributed by atoms with Gasteiger partial charge in [-0.25, -0.2) is 0 Å². The molecule has 1 fully saturated rings. The molecule has 1 aliphatic rings. The molecule has 0 radical (unpaired) electrons. The van der Waals surface area contributed by atoms with Crippen LogP contribution in [0.2, 0.25) is 0 Å².